The maximum absolute atomic E-state index is 13.6. The first-order valence-corrected chi connectivity index (χ1v) is 9.05. The topological polar surface area (TPSA) is 63.2 Å². The van der Waals surface area contributed by atoms with Gasteiger partial charge in [-0.25, -0.2) is 12.8 Å². The summed E-state index contributed by atoms with van der Waals surface area (Å²) in [6.45, 7) is 3.84. The monoisotopic (exact) mass is 385 g/mol. The van der Waals surface area contributed by atoms with E-state index in [1.807, 2.05) is 13.8 Å². The number of hydrogen-bond donors (Lipinski definition) is 1. The number of nitrogens with one attached hydrogen (secondary N) is 1. The zero-order valence-corrected chi connectivity index (χ0v) is 14.1. The van der Waals surface area contributed by atoms with Crippen molar-refractivity contribution in [3.63, 3.8) is 0 Å². The highest BCUT2D eigenvalue weighted by molar-refractivity contribution is 9.10. The molecule has 0 saturated heterocycles. The summed E-state index contributed by atoms with van der Waals surface area (Å²) in [7, 11) is 0.889. The van der Waals surface area contributed by atoms with Crippen LogP contribution in [0.1, 0.15) is 37.0 Å². The second kappa shape index (κ2) is 6.87. The number of benzene rings is 1. The molecule has 0 atom stereocenters. The van der Waals surface area contributed by atoms with E-state index >= 15 is 0 Å². The quantitative estimate of drug-likeness (QED) is 0.789. The van der Waals surface area contributed by atoms with E-state index in [4.69, 9.17) is 10.7 Å². The summed E-state index contributed by atoms with van der Waals surface area (Å²) in [5, 5.41) is 2.74. The molecule has 1 rings (SSSR count). The molecule has 0 bridgehead atoms. The van der Waals surface area contributed by atoms with Crippen LogP contribution in [0.3, 0.4) is 0 Å². The molecule has 112 valence electrons. The van der Waals surface area contributed by atoms with Crippen LogP contribution in [0.4, 0.5) is 4.39 Å². The lowest BCUT2D eigenvalue weighted by Gasteiger charge is -2.15. The minimum atomic E-state index is -4.25. The SMILES string of the molecule is CCC(CC)NC(=O)c1cc(S(=O)(=O)Cl)c(F)cc1Br. The number of hydrogen-bond acceptors (Lipinski definition) is 3. The van der Waals surface area contributed by atoms with Crippen LogP contribution in [-0.4, -0.2) is 20.4 Å². The minimum Gasteiger partial charge on any atom is -0.349 e. The van der Waals surface area contributed by atoms with Crippen molar-refractivity contribution in [2.45, 2.75) is 37.6 Å². The van der Waals surface area contributed by atoms with Gasteiger partial charge in [0.2, 0.25) is 0 Å². The number of halogens is 3. The van der Waals surface area contributed by atoms with Crippen LogP contribution in [0.25, 0.3) is 0 Å². The van der Waals surface area contributed by atoms with Gasteiger partial charge in [-0.2, -0.15) is 0 Å². The maximum atomic E-state index is 13.6. The van der Waals surface area contributed by atoms with Crippen LogP contribution >= 0.6 is 26.6 Å². The van der Waals surface area contributed by atoms with E-state index in [0.717, 1.165) is 25.0 Å². The molecule has 0 radical (unpaired) electrons. The lowest BCUT2D eigenvalue weighted by molar-refractivity contribution is 0.0934. The van der Waals surface area contributed by atoms with Gasteiger partial charge < -0.3 is 5.32 Å². The molecule has 0 saturated carbocycles. The van der Waals surface area contributed by atoms with Crippen molar-refractivity contribution in [1.82, 2.24) is 5.32 Å². The largest absolute Gasteiger partial charge is 0.349 e. The average molecular weight is 387 g/mol. The number of carbonyl (C=O) groups excluding carboxylic acids is 1. The number of rotatable bonds is 5. The van der Waals surface area contributed by atoms with Gasteiger partial charge in [-0.05, 0) is 40.9 Å². The Morgan fingerprint density at radius 1 is 1.40 bits per heavy atom. The first-order chi connectivity index (χ1) is 9.20. The molecule has 0 heterocycles. The second-order valence-corrected chi connectivity index (χ2v) is 7.58. The molecule has 1 aromatic rings. The van der Waals surface area contributed by atoms with Gasteiger partial charge in [-0.1, -0.05) is 13.8 Å². The van der Waals surface area contributed by atoms with Crippen molar-refractivity contribution >= 4 is 41.6 Å². The zero-order valence-electron chi connectivity index (χ0n) is 10.9. The fourth-order valence-corrected chi connectivity index (χ4v) is 3.05. The summed E-state index contributed by atoms with van der Waals surface area (Å²) in [4.78, 5) is 11.4. The summed E-state index contributed by atoms with van der Waals surface area (Å²) in [6, 6.07) is 1.81. The van der Waals surface area contributed by atoms with E-state index < -0.39 is 25.7 Å². The van der Waals surface area contributed by atoms with E-state index in [9.17, 15) is 17.6 Å². The molecule has 0 unspecified atom stereocenters. The fourth-order valence-electron chi connectivity index (χ4n) is 1.65. The first-order valence-electron chi connectivity index (χ1n) is 5.95. The molecule has 0 aliphatic carbocycles. The third-order valence-electron chi connectivity index (χ3n) is 2.85. The highest BCUT2D eigenvalue weighted by atomic mass is 79.9. The molecule has 0 aliphatic heterocycles. The van der Waals surface area contributed by atoms with Crippen molar-refractivity contribution in [2.24, 2.45) is 0 Å². The van der Waals surface area contributed by atoms with Crippen molar-refractivity contribution in [3.8, 4) is 0 Å². The summed E-state index contributed by atoms with van der Waals surface area (Å²) in [5.41, 5.74) is 0.0255. The Kier molecular flexibility index (Phi) is 5.97. The van der Waals surface area contributed by atoms with Gasteiger partial charge >= 0.3 is 0 Å². The third-order valence-corrected chi connectivity index (χ3v) is 4.84. The van der Waals surface area contributed by atoms with Gasteiger partial charge in [0.1, 0.15) is 10.7 Å². The summed E-state index contributed by atoms with van der Waals surface area (Å²) in [6.07, 6.45) is 1.48. The van der Waals surface area contributed by atoms with Crippen LogP contribution in [0.15, 0.2) is 21.5 Å². The van der Waals surface area contributed by atoms with Crippen LogP contribution in [0, 0.1) is 5.82 Å². The Labute approximate surface area is 130 Å². The van der Waals surface area contributed by atoms with Gasteiger partial charge in [0.25, 0.3) is 15.0 Å². The smallest absolute Gasteiger partial charge is 0.264 e. The summed E-state index contributed by atoms with van der Waals surface area (Å²) >= 11 is 3.04. The van der Waals surface area contributed by atoms with E-state index in [-0.39, 0.29) is 16.1 Å². The molecule has 20 heavy (non-hydrogen) atoms. The summed E-state index contributed by atoms with van der Waals surface area (Å²) in [5.74, 6) is -1.49. The second-order valence-electron chi connectivity index (χ2n) is 4.19. The van der Waals surface area contributed by atoms with Gasteiger partial charge in [0.15, 0.2) is 0 Å². The molecular weight excluding hydrogens is 373 g/mol. The lowest BCUT2D eigenvalue weighted by Crippen LogP contribution is -2.34. The van der Waals surface area contributed by atoms with Gasteiger partial charge in [-0.3, -0.25) is 4.79 Å². The van der Waals surface area contributed by atoms with Gasteiger partial charge in [0.05, 0.1) is 5.56 Å². The predicted molar refractivity (Wildman–Crippen MR) is 79.0 cm³/mol. The van der Waals surface area contributed by atoms with E-state index in [2.05, 4.69) is 21.2 Å². The van der Waals surface area contributed by atoms with E-state index in [1.54, 1.807) is 0 Å². The average Bonchev–Trinajstić information content (AvgIpc) is 2.33. The van der Waals surface area contributed by atoms with E-state index in [1.165, 1.54) is 0 Å². The molecule has 0 aliphatic rings. The van der Waals surface area contributed by atoms with Crippen molar-refractivity contribution in [2.75, 3.05) is 0 Å². The Morgan fingerprint density at radius 3 is 2.40 bits per heavy atom. The van der Waals surface area contributed by atoms with Crippen molar-refractivity contribution < 1.29 is 17.6 Å². The first kappa shape index (κ1) is 17.4. The summed E-state index contributed by atoms with van der Waals surface area (Å²) < 4.78 is 36.2. The zero-order chi connectivity index (χ0) is 15.5. The van der Waals surface area contributed by atoms with Crippen molar-refractivity contribution in [1.29, 1.82) is 0 Å². The van der Waals surface area contributed by atoms with Gasteiger partial charge in [-0.15, -0.1) is 0 Å². The number of carbonyl (C=O) groups is 1. The van der Waals surface area contributed by atoms with E-state index in [0.29, 0.717) is 0 Å². The minimum absolute atomic E-state index is 0.0255. The van der Waals surface area contributed by atoms with Crippen LogP contribution in [0.2, 0.25) is 0 Å². The predicted octanol–water partition coefficient (Wildman–Crippen LogP) is 3.43. The van der Waals surface area contributed by atoms with Crippen LogP contribution in [-0.2, 0) is 9.05 Å². The maximum Gasteiger partial charge on any atom is 0.264 e. The number of amides is 1. The molecule has 1 N–H and O–H groups in total. The Balaban J connectivity index is 3.22. The molecule has 8 heteroatoms. The molecular formula is C12H14BrClFNO3S. The molecule has 1 aromatic carbocycles. The highest BCUT2D eigenvalue weighted by Crippen LogP contribution is 2.26. The van der Waals surface area contributed by atoms with Crippen LogP contribution < -0.4 is 5.32 Å². The standard InChI is InChI=1S/C12H14BrClFNO3S/c1-3-7(4-2)16-12(17)8-5-11(20(14,18)19)10(15)6-9(8)13/h5-7H,3-4H2,1-2H3,(H,16,17). The fraction of sp³-hybridized carbons (Fsp3) is 0.417. The molecule has 4 nitrogen and oxygen atoms in total. The molecule has 0 fully saturated rings. The molecule has 0 aromatic heterocycles. The normalized spacial score (nSPS) is 11.7. The Morgan fingerprint density at radius 2 is 1.95 bits per heavy atom. The highest BCUT2D eigenvalue weighted by Gasteiger charge is 2.22. The lowest BCUT2D eigenvalue weighted by atomic mass is 10.1. The van der Waals surface area contributed by atoms with Crippen molar-refractivity contribution in [3.05, 3.63) is 28.0 Å². The Hall–Kier alpha value is -0.660. The molecule has 1 amide bonds. The third kappa shape index (κ3) is 4.17. The Bertz CT molecular complexity index is 617. The van der Waals surface area contributed by atoms with Gasteiger partial charge in [0, 0.05) is 21.2 Å². The molecule has 0 spiro atoms. The van der Waals surface area contributed by atoms with Crippen LogP contribution in [0.5, 0.6) is 0 Å².